The molecule has 6 heteroatoms. The minimum absolute atomic E-state index is 0.0837. The van der Waals surface area contributed by atoms with E-state index in [4.69, 9.17) is 14.2 Å². The first-order valence-corrected chi connectivity index (χ1v) is 35.0. The number of carbonyl (C=O) groups excluding carboxylic acids is 3. The lowest BCUT2D eigenvalue weighted by Crippen LogP contribution is -2.30. The van der Waals surface area contributed by atoms with Gasteiger partial charge in [0, 0.05) is 19.3 Å². The summed E-state index contributed by atoms with van der Waals surface area (Å²) in [6, 6.07) is 0. The van der Waals surface area contributed by atoms with E-state index in [9.17, 15) is 14.4 Å². The van der Waals surface area contributed by atoms with Crippen LogP contribution >= 0.6 is 0 Å². The number of hydrogen-bond donors (Lipinski definition) is 0. The zero-order valence-electron chi connectivity index (χ0n) is 54.4. The van der Waals surface area contributed by atoms with Crippen molar-refractivity contribution in [3.05, 3.63) is 122 Å². The molecular weight excluding hydrogens is 1020 g/mol. The molecule has 0 aliphatic rings. The SMILES string of the molecule is CC/C=C\C/C=C\C/C=C\C/C=C\C/C=C\C/C=C\C/C=C\CCCCCCCCCCCC(=O)OCC(COC(=O)CCCCCCCCCCCCCCCCC)OC(=O)CCCCCCCC/C=C\C/C=C\C/C=C\CCCCC. The third-order valence-electron chi connectivity index (χ3n) is 15.0. The van der Waals surface area contributed by atoms with E-state index in [0.29, 0.717) is 19.3 Å². The van der Waals surface area contributed by atoms with Gasteiger partial charge in [0.05, 0.1) is 0 Å². The number of esters is 3. The maximum absolute atomic E-state index is 12.9. The molecule has 0 aliphatic heterocycles. The average Bonchev–Trinajstić information content (AvgIpc) is 3.49. The Balaban J connectivity index is 4.34. The van der Waals surface area contributed by atoms with Crippen LogP contribution in [0.2, 0.25) is 0 Å². The summed E-state index contributed by atoms with van der Waals surface area (Å²) in [6.07, 6.45) is 97.8. The maximum atomic E-state index is 12.9. The Morgan fingerprint density at radius 3 is 0.759 bits per heavy atom. The highest BCUT2D eigenvalue weighted by atomic mass is 16.6. The number of unbranched alkanes of at least 4 members (excludes halogenated alkanes) is 32. The van der Waals surface area contributed by atoms with Crippen LogP contribution < -0.4 is 0 Å². The fraction of sp³-hybridized carbons (Fsp3) is 0.701. The van der Waals surface area contributed by atoms with Crippen LogP contribution in [0.5, 0.6) is 0 Å². The molecule has 1 unspecified atom stereocenters. The number of allylic oxidation sites excluding steroid dienone is 20. The first kappa shape index (κ1) is 78.8. The van der Waals surface area contributed by atoms with Crippen LogP contribution in [0, 0.1) is 0 Å². The summed E-state index contributed by atoms with van der Waals surface area (Å²) in [5.74, 6) is -0.891. The van der Waals surface area contributed by atoms with Crippen molar-refractivity contribution in [1.82, 2.24) is 0 Å². The van der Waals surface area contributed by atoms with Crippen molar-refractivity contribution in [3.8, 4) is 0 Å². The molecule has 0 aromatic carbocycles. The predicted molar refractivity (Wildman–Crippen MR) is 362 cm³/mol. The van der Waals surface area contributed by atoms with E-state index in [2.05, 4.69) is 142 Å². The highest BCUT2D eigenvalue weighted by molar-refractivity contribution is 5.71. The summed E-state index contributed by atoms with van der Waals surface area (Å²) in [4.78, 5) is 38.4. The van der Waals surface area contributed by atoms with Gasteiger partial charge < -0.3 is 14.2 Å². The van der Waals surface area contributed by atoms with Gasteiger partial charge in [0.2, 0.25) is 0 Å². The summed E-state index contributed by atoms with van der Waals surface area (Å²) in [5, 5.41) is 0. The zero-order chi connectivity index (χ0) is 59.9. The third-order valence-corrected chi connectivity index (χ3v) is 15.0. The van der Waals surface area contributed by atoms with Gasteiger partial charge in [0.25, 0.3) is 0 Å². The minimum atomic E-state index is -0.790. The molecule has 474 valence electrons. The van der Waals surface area contributed by atoms with E-state index >= 15 is 0 Å². The van der Waals surface area contributed by atoms with Crippen LogP contribution in [0.15, 0.2) is 122 Å². The number of hydrogen-bond acceptors (Lipinski definition) is 6. The Bertz CT molecular complexity index is 1700. The van der Waals surface area contributed by atoms with E-state index in [1.165, 1.54) is 154 Å². The normalized spacial score (nSPS) is 12.9. The topological polar surface area (TPSA) is 78.9 Å². The van der Waals surface area contributed by atoms with E-state index in [-0.39, 0.29) is 31.1 Å². The van der Waals surface area contributed by atoms with Crippen LogP contribution in [0.3, 0.4) is 0 Å². The van der Waals surface area contributed by atoms with Crippen LogP contribution in [0.4, 0.5) is 0 Å². The Labute approximate surface area is 513 Å². The van der Waals surface area contributed by atoms with E-state index in [1.807, 2.05) is 0 Å². The lowest BCUT2D eigenvalue weighted by Gasteiger charge is -2.18. The van der Waals surface area contributed by atoms with Crippen molar-refractivity contribution in [2.75, 3.05) is 13.2 Å². The second kappa shape index (κ2) is 70.3. The summed E-state index contributed by atoms with van der Waals surface area (Å²) in [6.45, 7) is 6.52. The Morgan fingerprint density at radius 2 is 0.470 bits per heavy atom. The van der Waals surface area contributed by atoms with E-state index in [0.717, 1.165) is 135 Å². The Kier molecular flexibility index (Phi) is 66.7. The molecule has 6 nitrogen and oxygen atoms in total. The molecule has 1 atom stereocenters. The molecule has 0 fully saturated rings. The summed E-state index contributed by atoms with van der Waals surface area (Å²) in [7, 11) is 0. The molecular formula is C77H130O6. The third kappa shape index (κ3) is 68.5. The lowest BCUT2D eigenvalue weighted by molar-refractivity contribution is -0.167. The van der Waals surface area contributed by atoms with Crippen molar-refractivity contribution in [2.45, 2.75) is 335 Å². The molecule has 0 saturated carbocycles. The predicted octanol–water partition coefficient (Wildman–Crippen LogP) is 24.3. The molecule has 83 heavy (non-hydrogen) atoms. The van der Waals surface area contributed by atoms with Crippen LogP contribution in [-0.4, -0.2) is 37.2 Å². The Hall–Kier alpha value is -4.19. The molecule has 0 saturated heterocycles. The first-order chi connectivity index (χ1) is 41.0. The number of rotatable bonds is 63. The molecule has 0 spiro atoms. The lowest BCUT2D eigenvalue weighted by atomic mass is 10.0. The fourth-order valence-corrected chi connectivity index (χ4v) is 9.73. The molecule has 0 N–H and O–H groups in total. The molecule has 0 aliphatic carbocycles. The monoisotopic (exact) mass is 1150 g/mol. The highest BCUT2D eigenvalue weighted by Crippen LogP contribution is 2.17. The zero-order valence-corrected chi connectivity index (χ0v) is 54.4. The van der Waals surface area contributed by atoms with Gasteiger partial charge in [-0.2, -0.15) is 0 Å². The van der Waals surface area contributed by atoms with Gasteiger partial charge >= 0.3 is 17.9 Å². The van der Waals surface area contributed by atoms with Gasteiger partial charge in [-0.1, -0.05) is 316 Å². The second-order valence-corrected chi connectivity index (χ2v) is 23.1. The van der Waals surface area contributed by atoms with Gasteiger partial charge in [0.15, 0.2) is 6.10 Å². The van der Waals surface area contributed by atoms with E-state index in [1.54, 1.807) is 0 Å². The maximum Gasteiger partial charge on any atom is 0.306 e. The largest absolute Gasteiger partial charge is 0.462 e. The van der Waals surface area contributed by atoms with Crippen LogP contribution in [-0.2, 0) is 28.6 Å². The van der Waals surface area contributed by atoms with Gasteiger partial charge in [-0.25, -0.2) is 0 Å². The van der Waals surface area contributed by atoms with Crippen molar-refractivity contribution in [1.29, 1.82) is 0 Å². The van der Waals surface area contributed by atoms with Gasteiger partial charge in [-0.3, -0.25) is 14.4 Å². The smallest absolute Gasteiger partial charge is 0.306 e. The van der Waals surface area contributed by atoms with E-state index < -0.39 is 6.10 Å². The number of carbonyl (C=O) groups is 3. The molecule has 0 radical (unpaired) electrons. The average molecular weight is 1150 g/mol. The van der Waals surface area contributed by atoms with Crippen molar-refractivity contribution in [3.63, 3.8) is 0 Å². The molecule has 0 bridgehead atoms. The van der Waals surface area contributed by atoms with Gasteiger partial charge in [-0.05, 0) is 116 Å². The molecule has 0 aromatic rings. The first-order valence-electron chi connectivity index (χ1n) is 35.0. The molecule has 0 heterocycles. The van der Waals surface area contributed by atoms with Crippen LogP contribution in [0.1, 0.15) is 329 Å². The summed E-state index contributed by atoms with van der Waals surface area (Å²) >= 11 is 0. The number of ether oxygens (including phenoxy) is 3. The molecule has 0 aromatic heterocycles. The quantitative estimate of drug-likeness (QED) is 0.0261. The summed E-state index contributed by atoms with van der Waals surface area (Å²) in [5.41, 5.74) is 0. The second-order valence-electron chi connectivity index (χ2n) is 23.1. The molecule has 0 rings (SSSR count). The van der Waals surface area contributed by atoms with Gasteiger partial charge in [-0.15, -0.1) is 0 Å². The van der Waals surface area contributed by atoms with Crippen LogP contribution in [0.25, 0.3) is 0 Å². The highest BCUT2D eigenvalue weighted by Gasteiger charge is 2.19. The molecule has 0 amide bonds. The van der Waals surface area contributed by atoms with Gasteiger partial charge in [0.1, 0.15) is 13.2 Å². The Morgan fingerprint density at radius 1 is 0.253 bits per heavy atom. The minimum Gasteiger partial charge on any atom is -0.462 e. The fourth-order valence-electron chi connectivity index (χ4n) is 9.73. The van der Waals surface area contributed by atoms with Crippen molar-refractivity contribution in [2.24, 2.45) is 0 Å². The standard InChI is InChI=1S/C77H130O6/c1-4-7-10-13-16-19-22-25-28-30-32-33-34-35-36-37-38-39-40-41-42-43-45-46-49-52-55-58-61-64-67-70-76(79)82-73-74(72-81-75(78)69-66-63-60-57-54-51-48-27-24-21-18-15-12-9-6-3)83-77(80)71-68-65-62-59-56-53-50-47-44-31-29-26-23-20-17-14-11-8-5-2/h7,10,16-17,19-20,25-26,28-29,32-33,35-36,38-39,41-42,44,47,74H,4-6,8-9,11-15,18,21-24,27,30-31,34,37,40,43,45-46,48-73H2,1-3H3/b10-7-,19-16-,20-17-,28-25-,29-26-,33-32-,36-35-,39-38-,42-41-,47-44-. The van der Waals surface area contributed by atoms with Crippen molar-refractivity contribution >= 4 is 17.9 Å². The van der Waals surface area contributed by atoms with Crippen molar-refractivity contribution < 1.29 is 28.6 Å². The summed E-state index contributed by atoms with van der Waals surface area (Å²) < 4.78 is 17.0.